The average molecular weight is 195 g/mol. The molecule has 14 heavy (non-hydrogen) atoms. The Morgan fingerprint density at radius 2 is 2.57 bits per heavy atom. The Kier molecular flexibility index (Phi) is 2.72. The third-order valence-corrected chi connectivity index (χ3v) is 2.90. The molecule has 1 atom stereocenters. The van der Waals surface area contributed by atoms with E-state index in [4.69, 9.17) is 10.2 Å². The molecule has 2 heterocycles. The van der Waals surface area contributed by atoms with E-state index in [0.29, 0.717) is 0 Å². The third-order valence-electron chi connectivity index (χ3n) is 2.90. The zero-order chi connectivity index (χ0) is 9.97. The van der Waals surface area contributed by atoms with Crippen LogP contribution in [0.15, 0.2) is 10.6 Å². The van der Waals surface area contributed by atoms with E-state index in [0.717, 1.165) is 18.2 Å². The number of hydrogen-bond acceptors (Lipinski definition) is 4. The molecule has 0 saturated carbocycles. The van der Waals surface area contributed by atoms with Crippen molar-refractivity contribution in [3.63, 3.8) is 0 Å². The zero-order valence-electron chi connectivity index (χ0n) is 8.57. The molecule has 4 nitrogen and oxygen atoms in total. The van der Waals surface area contributed by atoms with Gasteiger partial charge in [-0.3, -0.25) is 4.90 Å². The fourth-order valence-electron chi connectivity index (χ4n) is 2.01. The molecule has 0 aromatic carbocycles. The fourth-order valence-corrected chi connectivity index (χ4v) is 2.01. The van der Waals surface area contributed by atoms with Crippen LogP contribution in [0.1, 0.15) is 25.5 Å². The van der Waals surface area contributed by atoms with E-state index in [1.54, 1.807) is 6.20 Å². The minimum atomic E-state index is 0.270. The maximum Gasteiger partial charge on any atom is 0.292 e. The smallest absolute Gasteiger partial charge is 0.292 e. The Morgan fingerprint density at radius 1 is 1.71 bits per heavy atom. The summed E-state index contributed by atoms with van der Waals surface area (Å²) in [5, 5.41) is 0. The molecule has 78 valence electrons. The number of hydrogen-bond donors (Lipinski definition) is 1. The minimum Gasteiger partial charge on any atom is -0.428 e. The van der Waals surface area contributed by atoms with Gasteiger partial charge in [0.05, 0.1) is 12.7 Å². The van der Waals surface area contributed by atoms with Crippen molar-refractivity contribution in [2.75, 3.05) is 18.8 Å². The van der Waals surface area contributed by atoms with E-state index < -0.39 is 0 Å². The Balaban J connectivity index is 1.87. The zero-order valence-corrected chi connectivity index (χ0v) is 8.57. The first kappa shape index (κ1) is 9.52. The standard InChI is InChI=1S/C10H17N3O/c1-2-8-3-4-13(6-8)7-9-5-12-10(11)14-9/h5,8H,2-4,6-7H2,1H3,(H2,11,12). The maximum absolute atomic E-state index is 5.41. The normalized spacial score (nSPS) is 23.1. The molecule has 0 radical (unpaired) electrons. The van der Waals surface area contributed by atoms with Crippen LogP contribution in [0.2, 0.25) is 0 Å². The highest BCUT2D eigenvalue weighted by atomic mass is 16.4. The van der Waals surface area contributed by atoms with Gasteiger partial charge in [0.1, 0.15) is 5.76 Å². The van der Waals surface area contributed by atoms with Gasteiger partial charge in [0.2, 0.25) is 0 Å². The number of likely N-dealkylation sites (tertiary alicyclic amines) is 1. The number of anilines is 1. The van der Waals surface area contributed by atoms with Crippen molar-refractivity contribution in [1.82, 2.24) is 9.88 Å². The average Bonchev–Trinajstić information content (AvgIpc) is 2.76. The number of nitrogen functional groups attached to an aromatic ring is 1. The molecule has 0 bridgehead atoms. The Bertz CT molecular complexity index is 297. The SMILES string of the molecule is CCC1CCN(Cc2cnc(N)o2)C1. The first-order valence-electron chi connectivity index (χ1n) is 5.20. The molecule has 1 aromatic rings. The number of aromatic nitrogens is 1. The molecule has 0 spiro atoms. The van der Waals surface area contributed by atoms with E-state index >= 15 is 0 Å². The van der Waals surface area contributed by atoms with Gasteiger partial charge in [0.25, 0.3) is 6.01 Å². The van der Waals surface area contributed by atoms with Crippen molar-refractivity contribution in [1.29, 1.82) is 0 Å². The number of rotatable bonds is 3. The summed E-state index contributed by atoms with van der Waals surface area (Å²) in [7, 11) is 0. The quantitative estimate of drug-likeness (QED) is 0.794. The van der Waals surface area contributed by atoms with E-state index in [9.17, 15) is 0 Å². The molecule has 0 aliphatic carbocycles. The van der Waals surface area contributed by atoms with Crippen molar-refractivity contribution < 1.29 is 4.42 Å². The monoisotopic (exact) mass is 195 g/mol. The summed E-state index contributed by atoms with van der Waals surface area (Å²) in [4.78, 5) is 6.28. The minimum absolute atomic E-state index is 0.270. The van der Waals surface area contributed by atoms with E-state index in [1.807, 2.05) is 0 Å². The van der Waals surface area contributed by atoms with Gasteiger partial charge in [-0.05, 0) is 18.9 Å². The maximum atomic E-state index is 5.41. The highest BCUT2D eigenvalue weighted by molar-refractivity contribution is 5.10. The van der Waals surface area contributed by atoms with Crippen LogP contribution in [0.25, 0.3) is 0 Å². The molecule has 4 heteroatoms. The lowest BCUT2D eigenvalue weighted by Crippen LogP contribution is -2.19. The van der Waals surface area contributed by atoms with E-state index in [-0.39, 0.29) is 6.01 Å². The molecule has 1 fully saturated rings. The van der Waals surface area contributed by atoms with Gasteiger partial charge in [0.15, 0.2) is 0 Å². The number of nitrogens with zero attached hydrogens (tertiary/aromatic N) is 2. The van der Waals surface area contributed by atoms with Crippen LogP contribution in [0.4, 0.5) is 6.01 Å². The van der Waals surface area contributed by atoms with Gasteiger partial charge in [-0.25, -0.2) is 4.98 Å². The van der Waals surface area contributed by atoms with Gasteiger partial charge in [-0.1, -0.05) is 13.3 Å². The lowest BCUT2D eigenvalue weighted by atomic mass is 10.1. The largest absolute Gasteiger partial charge is 0.428 e. The van der Waals surface area contributed by atoms with Crippen molar-refractivity contribution in [3.8, 4) is 0 Å². The molecule has 1 aliphatic rings. The van der Waals surface area contributed by atoms with Gasteiger partial charge >= 0.3 is 0 Å². The first-order chi connectivity index (χ1) is 6.78. The predicted molar refractivity (Wildman–Crippen MR) is 54.6 cm³/mol. The summed E-state index contributed by atoms with van der Waals surface area (Å²) < 4.78 is 5.24. The molecule has 1 unspecified atom stereocenters. The molecule has 2 rings (SSSR count). The van der Waals surface area contributed by atoms with Crippen LogP contribution >= 0.6 is 0 Å². The molecule has 1 saturated heterocycles. The summed E-state index contributed by atoms with van der Waals surface area (Å²) in [6.45, 7) is 5.44. The van der Waals surface area contributed by atoms with Crippen LogP contribution < -0.4 is 5.73 Å². The highest BCUT2D eigenvalue weighted by Crippen LogP contribution is 2.21. The van der Waals surface area contributed by atoms with Crippen LogP contribution in [-0.2, 0) is 6.54 Å². The first-order valence-corrected chi connectivity index (χ1v) is 5.20. The van der Waals surface area contributed by atoms with E-state index in [1.165, 1.54) is 25.9 Å². The Morgan fingerprint density at radius 3 is 3.14 bits per heavy atom. The van der Waals surface area contributed by atoms with Crippen LogP contribution in [0, 0.1) is 5.92 Å². The predicted octanol–water partition coefficient (Wildman–Crippen LogP) is 1.49. The second-order valence-electron chi connectivity index (χ2n) is 3.96. The summed E-state index contributed by atoms with van der Waals surface area (Å²) in [5.41, 5.74) is 5.41. The highest BCUT2D eigenvalue weighted by Gasteiger charge is 2.21. The van der Waals surface area contributed by atoms with Crippen molar-refractivity contribution in [2.45, 2.75) is 26.3 Å². The molecule has 0 amide bonds. The summed E-state index contributed by atoms with van der Waals surface area (Å²) >= 11 is 0. The van der Waals surface area contributed by atoms with Crippen LogP contribution in [-0.4, -0.2) is 23.0 Å². The number of nitrogens with two attached hydrogens (primary N) is 1. The van der Waals surface area contributed by atoms with Gasteiger partial charge in [-0.2, -0.15) is 0 Å². The summed E-state index contributed by atoms with van der Waals surface area (Å²) in [6.07, 6.45) is 4.30. The van der Waals surface area contributed by atoms with Gasteiger partial charge < -0.3 is 10.2 Å². The third kappa shape index (κ3) is 2.07. The molecule has 2 N–H and O–H groups in total. The van der Waals surface area contributed by atoms with Crippen LogP contribution in [0.5, 0.6) is 0 Å². The van der Waals surface area contributed by atoms with Crippen molar-refractivity contribution >= 4 is 6.01 Å². The van der Waals surface area contributed by atoms with Crippen molar-refractivity contribution in [3.05, 3.63) is 12.0 Å². The lowest BCUT2D eigenvalue weighted by Gasteiger charge is -2.12. The Hall–Kier alpha value is -1.03. The Labute approximate surface area is 84.1 Å². The summed E-state index contributed by atoms with van der Waals surface area (Å²) in [5.74, 6) is 1.73. The topological polar surface area (TPSA) is 55.3 Å². The fraction of sp³-hybridized carbons (Fsp3) is 0.700. The van der Waals surface area contributed by atoms with Crippen LogP contribution in [0.3, 0.4) is 0 Å². The molecular weight excluding hydrogens is 178 g/mol. The lowest BCUT2D eigenvalue weighted by molar-refractivity contribution is 0.287. The molecular formula is C10H17N3O. The van der Waals surface area contributed by atoms with Crippen molar-refractivity contribution in [2.24, 2.45) is 5.92 Å². The molecule has 1 aliphatic heterocycles. The van der Waals surface area contributed by atoms with Gasteiger partial charge in [-0.15, -0.1) is 0 Å². The summed E-state index contributed by atoms with van der Waals surface area (Å²) in [6, 6.07) is 0.270. The van der Waals surface area contributed by atoms with E-state index in [2.05, 4.69) is 16.8 Å². The number of oxazole rings is 1. The second-order valence-corrected chi connectivity index (χ2v) is 3.96. The molecule has 1 aromatic heterocycles. The van der Waals surface area contributed by atoms with Gasteiger partial charge in [0, 0.05) is 6.54 Å². The second kappa shape index (κ2) is 4.00.